The molecule has 1 aromatic heterocycles. The normalized spacial score (nSPS) is 11.4. The van der Waals surface area contributed by atoms with Crippen molar-refractivity contribution in [2.45, 2.75) is 26.7 Å². The van der Waals surface area contributed by atoms with E-state index < -0.39 is 0 Å². The van der Waals surface area contributed by atoms with Crippen molar-refractivity contribution in [1.29, 1.82) is 0 Å². The molecule has 0 saturated heterocycles. The lowest BCUT2D eigenvalue weighted by Crippen LogP contribution is -2.11. The van der Waals surface area contributed by atoms with Gasteiger partial charge in [-0.05, 0) is 25.0 Å². The maximum absolute atomic E-state index is 11.9. The molecule has 0 amide bonds. The molecule has 17 heavy (non-hydrogen) atoms. The number of hydrogen-bond donors (Lipinski definition) is 1. The highest BCUT2D eigenvalue weighted by Gasteiger charge is 2.05. The summed E-state index contributed by atoms with van der Waals surface area (Å²) >= 11 is 0. The first kappa shape index (κ1) is 11.6. The molecule has 0 radical (unpaired) electrons. The Morgan fingerprint density at radius 2 is 2.06 bits per heavy atom. The van der Waals surface area contributed by atoms with Crippen molar-refractivity contribution in [3.05, 3.63) is 51.8 Å². The van der Waals surface area contributed by atoms with Gasteiger partial charge in [0.25, 0.3) is 5.56 Å². The minimum Gasteiger partial charge on any atom is -0.321 e. The van der Waals surface area contributed by atoms with Crippen LogP contribution in [0.1, 0.15) is 30.9 Å². The van der Waals surface area contributed by atoms with Crippen molar-refractivity contribution in [1.82, 2.24) is 4.98 Å². The molecule has 2 rings (SSSR count). The Bertz CT molecular complexity index is 608. The van der Waals surface area contributed by atoms with Crippen LogP contribution in [0.2, 0.25) is 0 Å². The summed E-state index contributed by atoms with van der Waals surface area (Å²) in [6, 6.07) is 7.90. The summed E-state index contributed by atoms with van der Waals surface area (Å²) in [7, 11) is 0. The van der Waals surface area contributed by atoms with Crippen molar-refractivity contribution in [3.8, 4) is 0 Å². The standard InChI is InChI=1S/C15H17NO/c1-3-4-5-9-13-11(2)12-8-6-7-10-14(12)16-15(13)17/h5-10H,3-4H2,1-2H3,(H,16,17). The lowest BCUT2D eigenvalue weighted by atomic mass is 10.0. The van der Waals surface area contributed by atoms with E-state index in [1.54, 1.807) is 0 Å². The minimum absolute atomic E-state index is 0.00597. The maximum Gasteiger partial charge on any atom is 0.255 e. The van der Waals surface area contributed by atoms with Gasteiger partial charge in [0.2, 0.25) is 0 Å². The first-order valence-electron chi connectivity index (χ1n) is 6.02. The lowest BCUT2D eigenvalue weighted by Gasteiger charge is -2.05. The van der Waals surface area contributed by atoms with Gasteiger partial charge in [0.1, 0.15) is 0 Å². The number of allylic oxidation sites excluding steroid dienone is 1. The number of benzene rings is 1. The van der Waals surface area contributed by atoms with E-state index in [9.17, 15) is 4.79 Å². The summed E-state index contributed by atoms with van der Waals surface area (Å²) in [5, 5.41) is 1.11. The van der Waals surface area contributed by atoms with Crippen LogP contribution in [-0.4, -0.2) is 4.98 Å². The third-order valence-corrected chi connectivity index (χ3v) is 2.97. The quantitative estimate of drug-likeness (QED) is 0.853. The second kappa shape index (κ2) is 5.00. The topological polar surface area (TPSA) is 32.9 Å². The highest BCUT2D eigenvalue weighted by Crippen LogP contribution is 2.17. The van der Waals surface area contributed by atoms with E-state index >= 15 is 0 Å². The van der Waals surface area contributed by atoms with Gasteiger partial charge in [-0.1, -0.05) is 43.7 Å². The van der Waals surface area contributed by atoms with E-state index in [4.69, 9.17) is 0 Å². The van der Waals surface area contributed by atoms with Gasteiger partial charge < -0.3 is 4.98 Å². The predicted molar refractivity (Wildman–Crippen MR) is 73.2 cm³/mol. The van der Waals surface area contributed by atoms with Crippen LogP contribution in [0.25, 0.3) is 17.0 Å². The summed E-state index contributed by atoms with van der Waals surface area (Å²) in [5.41, 5.74) is 2.73. The zero-order valence-electron chi connectivity index (χ0n) is 10.3. The third kappa shape index (κ3) is 2.31. The summed E-state index contributed by atoms with van der Waals surface area (Å²) in [4.78, 5) is 14.9. The molecule has 1 heterocycles. The molecule has 2 aromatic rings. The largest absolute Gasteiger partial charge is 0.321 e. The van der Waals surface area contributed by atoms with Crippen LogP contribution in [0.4, 0.5) is 0 Å². The van der Waals surface area contributed by atoms with Crippen LogP contribution in [0, 0.1) is 6.92 Å². The fourth-order valence-corrected chi connectivity index (χ4v) is 1.99. The van der Waals surface area contributed by atoms with E-state index in [-0.39, 0.29) is 5.56 Å². The van der Waals surface area contributed by atoms with Gasteiger partial charge in [0.15, 0.2) is 0 Å². The summed E-state index contributed by atoms with van der Waals surface area (Å²) in [5.74, 6) is 0. The third-order valence-electron chi connectivity index (χ3n) is 2.97. The minimum atomic E-state index is -0.00597. The Balaban J connectivity index is 2.60. The highest BCUT2D eigenvalue weighted by molar-refractivity contribution is 5.84. The molecule has 0 fully saturated rings. The molecule has 1 aromatic carbocycles. The van der Waals surface area contributed by atoms with E-state index in [0.717, 1.165) is 34.9 Å². The molecule has 88 valence electrons. The Morgan fingerprint density at radius 1 is 1.29 bits per heavy atom. The molecule has 0 aliphatic heterocycles. The molecule has 0 aliphatic rings. The van der Waals surface area contributed by atoms with Crippen molar-refractivity contribution < 1.29 is 0 Å². The average Bonchev–Trinajstić information content (AvgIpc) is 2.33. The maximum atomic E-state index is 11.9. The van der Waals surface area contributed by atoms with Crippen molar-refractivity contribution in [2.75, 3.05) is 0 Å². The van der Waals surface area contributed by atoms with Gasteiger partial charge in [-0.15, -0.1) is 0 Å². The molecule has 0 spiro atoms. The number of aromatic nitrogens is 1. The molecule has 0 saturated carbocycles. The first-order chi connectivity index (χ1) is 8.24. The Labute approximate surface area is 101 Å². The van der Waals surface area contributed by atoms with Gasteiger partial charge in [0.05, 0.1) is 0 Å². The van der Waals surface area contributed by atoms with Crippen LogP contribution >= 0.6 is 0 Å². The second-order valence-corrected chi connectivity index (χ2v) is 4.23. The second-order valence-electron chi connectivity index (χ2n) is 4.23. The van der Waals surface area contributed by atoms with Crippen molar-refractivity contribution in [2.24, 2.45) is 0 Å². The number of fused-ring (bicyclic) bond motifs is 1. The molecule has 0 unspecified atom stereocenters. The van der Waals surface area contributed by atoms with Crippen LogP contribution in [-0.2, 0) is 0 Å². The average molecular weight is 227 g/mol. The van der Waals surface area contributed by atoms with Gasteiger partial charge in [-0.25, -0.2) is 0 Å². The van der Waals surface area contributed by atoms with Gasteiger partial charge in [-0.3, -0.25) is 4.79 Å². The van der Waals surface area contributed by atoms with Crippen LogP contribution in [0.15, 0.2) is 35.1 Å². The van der Waals surface area contributed by atoms with E-state index in [2.05, 4.69) is 18.0 Å². The van der Waals surface area contributed by atoms with Gasteiger partial charge >= 0.3 is 0 Å². The number of unbranched alkanes of at least 4 members (excludes halogenated alkanes) is 1. The zero-order chi connectivity index (χ0) is 12.3. The van der Waals surface area contributed by atoms with Crippen molar-refractivity contribution >= 4 is 17.0 Å². The first-order valence-corrected chi connectivity index (χ1v) is 6.02. The Morgan fingerprint density at radius 3 is 2.82 bits per heavy atom. The van der Waals surface area contributed by atoms with E-state index in [1.807, 2.05) is 37.3 Å². The lowest BCUT2D eigenvalue weighted by molar-refractivity contribution is 0.962. The molecule has 0 aliphatic carbocycles. The summed E-state index contributed by atoms with van der Waals surface area (Å²) in [6.07, 6.45) is 6.10. The smallest absolute Gasteiger partial charge is 0.255 e. The molecule has 2 heteroatoms. The van der Waals surface area contributed by atoms with E-state index in [1.165, 1.54) is 0 Å². The number of H-pyrrole nitrogens is 1. The molecule has 0 atom stereocenters. The Hall–Kier alpha value is -1.83. The number of pyridine rings is 1. The molecular weight excluding hydrogens is 210 g/mol. The Kier molecular flexibility index (Phi) is 3.43. The zero-order valence-corrected chi connectivity index (χ0v) is 10.3. The fraction of sp³-hybridized carbons (Fsp3) is 0.267. The highest BCUT2D eigenvalue weighted by atomic mass is 16.1. The number of rotatable bonds is 3. The van der Waals surface area contributed by atoms with Crippen LogP contribution in [0.3, 0.4) is 0 Å². The molecule has 0 bridgehead atoms. The SMILES string of the molecule is CCCC=Cc1c(C)c2ccccc2[nH]c1=O. The number of aromatic amines is 1. The summed E-state index contributed by atoms with van der Waals surface area (Å²) in [6.45, 7) is 4.13. The van der Waals surface area contributed by atoms with Gasteiger partial charge in [0, 0.05) is 16.5 Å². The van der Waals surface area contributed by atoms with Crippen molar-refractivity contribution in [3.63, 3.8) is 0 Å². The van der Waals surface area contributed by atoms with E-state index in [0.29, 0.717) is 0 Å². The van der Waals surface area contributed by atoms with Crippen LogP contribution in [0.5, 0.6) is 0 Å². The number of para-hydroxylation sites is 1. The van der Waals surface area contributed by atoms with Gasteiger partial charge in [-0.2, -0.15) is 0 Å². The predicted octanol–water partition coefficient (Wildman–Crippen LogP) is 3.65. The summed E-state index contributed by atoms with van der Waals surface area (Å²) < 4.78 is 0. The number of hydrogen-bond acceptors (Lipinski definition) is 1. The molecule has 2 nitrogen and oxygen atoms in total. The monoisotopic (exact) mass is 227 g/mol. The fourth-order valence-electron chi connectivity index (χ4n) is 1.99. The number of aryl methyl sites for hydroxylation is 1. The van der Waals surface area contributed by atoms with Crippen LogP contribution < -0.4 is 5.56 Å². The number of nitrogens with one attached hydrogen (secondary N) is 1. The molecular formula is C15H17NO. The molecule has 1 N–H and O–H groups in total.